The van der Waals surface area contributed by atoms with Gasteiger partial charge in [0.25, 0.3) is 0 Å². The van der Waals surface area contributed by atoms with Crippen molar-refractivity contribution in [2.24, 2.45) is 0 Å². The van der Waals surface area contributed by atoms with Gasteiger partial charge in [-0.25, -0.2) is 0 Å². The second-order valence-corrected chi connectivity index (χ2v) is 4.22. The molecule has 2 rings (SSSR count). The summed E-state index contributed by atoms with van der Waals surface area (Å²) in [6, 6.07) is 0. The molecule has 0 spiro atoms. The Hall–Kier alpha value is -1.74. The van der Waals surface area contributed by atoms with Crippen LogP contribution in [0.3, 0.4) is 0 Å². The molecule has 10 heteroatoms. The third-order valence-corrected chi connectivity index (χ3v) is 3.02. The van der Waals surface area contributed by atoms with Gasteiger partial charge in [0.05, 0.1) is 11.3 Å². The lowest BCUT2D eigenvalue weighted by Crippen LogP contribution is -2.03. The highest BCUT2D eigenvalue weighted by molar-refractivity contribution is 7.10. The van der Waals surface area contributed by atoms with Crippen molar-refractivity contribution < 1.29 is 4.92 Å². The molecule has 1 N–H and O–H groups in total. The van der Waals surface area contributed by atoms with Crippen LogP contribution in [-0.2, 0) is 6.54 Å². The Kier molecular flexibility index (Phi) is 3.20. The molecule has 0 aliphatic heterocycles. The average molecular weight is 275 g/mol. The number of rotatable bonds is 4. The molecule has 2 aromatic rings. The molecule has 17 heavy (non-hydrogen) atoms. The Labute approximate surface area is 105 Å². The fourth-order valence-electron chi connectivity index (χ4n) is 1.25. The number of hydrogen-bond donors (Lipinski definition) is 1. The predicted molar refractivity (Wildman–Crippen MR) is 62.4 cm³/mol. The van der Waals surface area contributed by atoms with Crippen LogP contribution in [0.2, 0.25) is 5.02 Å². The van der Waals surface area contributed by atoms with E-state index in [1.807, 2.05) is 0 Å². The molecular formula is C7H7ClN6O2S. The van der Waals surface area contributed by atoms with Crippen LogP contribution in [-0.4, -0.2) is 31.3 Å². The highest BCUT2D eigenvalue weighted by Gasteiger charge is 2.20. The molecular weight excluding hydrogens is 268 g/mol. The molecule has 8 nitrogen and oxygen atoms in total. The minimum Gasteiger partial charge on any atom is -0.377 e. The van der Waals surface area contributed by atoms with Crippen LogP contribution in [0.4, 0.5) is 10.8 Å². The van der Waals surface area contributed by atoms with Crippen molar-refractivity contribution >= 4 is 34.0 Å². The fourth-order valence-corrected chi connectivity index (χ4v) is 1.99. The van der Waals surface area contributed by atoms with E-state index in [2.05, 4.69) is 20.0 Å². The summed E-state index contributed by atoms with van der Waals surface area (Å²) in [7, 11) is 1.75. The van der Waals surface area contributed by atoms with Crippen molar-refractivity contribution in [1.82, 2.24) is 19.4 Å². The van der Waals surface area contributed by atoms with Crippen molar-refractivity contribution in [3.63, 3.8) is 0 Å². The van der Waals surface area contributed by atoms with Crippen LogP contribution in [0.5, 0.6) is 0 Å². The molecule has 2 heterocycles. The van der Waals surface area contributed by atoms with Gasteiger partial charge in [0, 0.05) is 18.6 Å². The molecule has 2 aromatic heterocycles. The van der Waals surface area contributed by atoms with Gasteiger partial charge in [0.1, 0.15) is 17.2 Å². The molecule has 0 radical (unpaired) electrons. The summed E-state index contributed by atoms with van der Waals surface area (Å²) in [5.74, 6) is -0.360. The Morgan fingerprint density at radius 3 is 3.06 bits per heavy atom. The first-order valence-corrected chi connectivity index (χ1v) is 5.63. The highest BCUT2D eigenvalue weighted by Crippen LogP contribution is 2.23. The number of anilines is 1. The normalized spacial score (nSPS) is 10.5. The number of halogens is 1. The van der Waals surface area contributed by atoms with Gasteiger partial charge in [-0.15, -0.1) is 5.10 Å². The molecule has 0 fully saturated rings. The number of aromatic nitrogens is 4. The summed E-state index contributed by atoms with van der Waals surface area (Å²) in [5.41, 5.74) is 0.659. The van der Waals surface area contributed by atoms with Gasteiger partial charge in [0.2, 0.25) is 0 Å². The van der Waals surface area contributed by atoms with Crippen molar-refractivity contribution in [3.8, 4) is 0 Å². The van der Waals surface area contributed by atoms with E-state index in [1.54, 1.807) is 7.05 Å². The number of nitrogens with zero attached hydrogens (tertiary/aromatic N) is 5. The number of nitro groups is 1. The van der Waals surface area contributed by atoms with Crippen LogP contribution >= 0.6 is 23.1 Å². The zero-order valence-electron chi connectivity index (χ0n) is 8.62. The van der Waals surface area contributed by atoms with Crippen molar-refractivity contribution in [2.75, 3.05) is 12.4 Å². The van der Waals surface area contributed by atoms with E-state index in [9.17, 15) is 10.1 Å². The standard InChI is InChI=1S/C7H7ClN6O2S/c1-9-7-5(10-12-17-7)3-13-2-4(8)6(11-13)14(15)16/h2,9H,3H2,1H3. The summed E-state index contributed by atoms with van der Waals surface area (Å²) in [4.78, 5) is 9.94. The van der Waals surface area contributed by atoms with Gasteiger partial charge < -0.3 is 15.4 Å². The first-order valence-electron chi connectivity index (χ1n) is 4.48. The summed E-state index contributed by atoms with van der Waals surface area (Å²) >= 11 is 6.89. The molecule has 0 atom stereocenters. The number of hydrogen-bond acceptors (Lipinski definition) is 7. The van der Waals surface area contributed by atoms with Crippen LogP contribution < -0.4 is 5.32 Å². The molecule has 0 saturated carbocycles. The zero-order chi connectivity index (χ0) is 12.4. The lowest BCUT2D eigenvalue weighted by molar-refractivity contribution is -0.389. The second-order valence-electron chi connectivity index (χ2n) is 3.05. The van der Waals surface area contributed by atoms with Gasteiger partial charge in [-0.2, -0.15) is 4.68 Å². The monoisotopic (exact) mass is 274 g/mol. The first kappa shape index (κ1) is 11.7. The van der Waals surface area contributed by atoms with Crippen LogP contribution in [0.1, 0.15) is 5.69 Å². The van der Waals surface area contributed by atoms with Gasteiger partial charge in [-0.3, -0.25) is 0 Å². The molecule has 0 saturated heterocycles. The largest absolute Gasteiger partial charge is 0.408 e. The van der Waals surface area contributed by atoms with Crippen LogP contribution in [0.15, 0.2) is 6.20 Å². The summed E-state index contributed by atoms with van der Waals surface area (Å²) in [6.07, 6.45) is 1.39. The topological polar surface area (TPSA) is 98.8 Å². The highest BCUT2D eigenvalue weighted by atomic mass is 35.5. The average Bonchev–Trinajstić information content (AvgIpc) is 2.85. The molecule has 0 aliphatic rings. The first-order chi connectivity index (χ1) is 8.11. The molecule has 0 bridgehead atoms. The van der Waals surface area contributed by atoms with Crippen LogP contribution in [0.25, 0.3) is 0 Å². The van der Waals surface area contributed by atoms with E-state index in [-0.39, 0.29) is 17.4 Å². The Morgan fingerprint density at radius 2 is 2.47 bits per heavy atom. The summed E-state index contributed by atoms with van der Waals surface area (Å²) in [5, 5.41) is 21.9. The van der Waals surface area contributed by atoms with E-state index in [4.69, 9.17) is 11.6 Å². The van der Waals surface area contributed by atoms with Gasteiger partial charge >= 0.3 is 5.82 Å². The van der Waals surface area contributed by atoms with E-state index in [1.165, 1.54) is 22.4 Å². The Balaban J connectivity index is 2.25. The van der Waals surface area contributed by atoms with Crippen LogP contribution in [0, 0.1) is 10.1 Å². The predicted octanol–water partition coefficient (Wildman–Crippen LogP) is 1.39. The smallest absolute Gasteiger partial charge is 0.377 e. The molecule has 0 amide bonds. The SMILES string of the molecule is CNc1snnc1Cn1cc(Cl)c([N+](=O)[O-])n1. The minimum absolute atomic E-state index is 0.00389. The summed E-state index contributed by atoms with van der Waals surface area (Å²) < 4.78 is 5.13. The van der Waals surface area contributed by atoms with Crippen molar-refractivity contribution in [1.29, 1.82) is 0 Å². The van der Waals surface area contributed by atoms with Crippen molar-refractivity contribution in [2.45, 2.75) is 6.54 Å². The third kappa shape index (κ3) is 2.34. The van der Waals surface area contributed by atoms with E-state index >= 15 is 0 Å². The maximum Gasteiger partial charge on any atom is 0.408 e. The molecule has 0 unspecified atom stereocenters. The maximum atomic E-state index is 10.6. The molecule has 90 valence electrons. The molecule has 0 aromatic carbocycles. The van der Waals surface area contributed by atoms with E-state index in [0.717, 1.165) is 5.00 Å². The number of nitrogens with one attached hydrogen (secondary N) is 1. The fraction of sp³-hybridized carbons (Fsp3) is 0.286. The quantitative estimate of drug-likeness (QED) is 0.668. The van der Waals surface area contributed by atoms with Gasteiger partial charge in [-0.05, 0) is 4.92 Å². The summed E-state index contributed by atoms with van der Waals surface area (Å²) in [6.45, 7) is 0.278. The lowest BCUT2D eigenvalue weighted by atomic mass is 10.4. The Morgan fingerprint density at radius 1 is 1.71 bits per heavy atom. The zero-order valence-corrected chi connectivity index (χ0v) is 10.2. The maximum absolute atomic E-state index is 10.6. The van der Waals surface area contributed by atoms with Gasteiger partial charge in [-0.1, -0.05) is 16.1 Å². The third-order valence-electron chi connectivity index (χ3n) is 1.97. The lowest BCUT2D eigenvalue weighted by Gasteiger charge is -1.96. The van der Waals surface area contributed by atoms with Gasteiger partial charge in [0.15, 0.2) is 5.02 Å². The molecule has 0 aliphatic carbocycles. The van der Waals surface area contributed by atoms with E-state index in [0.29, 0.717) is 5.69 Å². The van der Waals surface area contributed by atoms with E-state index < -0.39 is 4.92 Å². The minimum atomic E-state index is -0.628. The van der Waals surface area contributed by atoms with Crippen molar-refractivity contribution in [3.05, 3.63) is 27.0 Å². The Bertz CT molecular complexity index is 552. The second kappa shape index (κ2) is 4.63.